The van der Waals surface area contributed by atoms with Gasteiger partial charge in [0.15, 0.2) is 0 Å². The van der Waals surface area contributed by atoms with E-state index in [4.69, 9.17) is 14.3 Å². The molecule has 2 aliphatic rings. The molecule has 1 N–H and O–H groups in total. The zero-order valence-electron chi connectivity index (χ0n) is 15.2. The van der Waals surface area contributed by atoms with Crippen molar-refractivity contribution in [2.75, 3.05) is 26.4 Å². The topological polar surface area (TPSA) is 69.2 Å². The van der Waals surface area contributed by atoms with Crippen molar-refractivity contribution in [3.8, 4) is 0 Å². The van der Waals surface area contributed by atoms with Crippen LogP contribution in [0, 0.1) is 5.92 Å². The number of rotatable bonds is 10. The lowest BCUT2D eigenvalue weighted by atomic mass is 10.1. The quantitative estimate of drug-likeness (QED) is 0.651. The van der Waals surface area contributed by atoms with E-state index >= 15 is 0 Å². The van der Waals surface area contributed by atoms with Gasteiger partial charge in [0.25, 0.3) is 5.91 Å². The van der Waals surface area contributed by atoms with Gasteiger partial charge in [0.05, 0.1) is 13.2 Å². The van der Waals surface area contributed by atoms with Gasteiger partial charge in [-0.05, 0) is 31.2 Å². The molecule has 0 aliphatic carbocycles. The predicted octanol–water partition coefficient (Wildman–Crippen LogP) is 2.67. The Labute approximate surface area is 154 Å². The summed E-state index contributed by atoms with van der Waals surface area (Å²) in [5.41, 5.74) is 1.70. The van der Waals surface area contributed by atoms with E-state index in [1.807, 2.05) is 18.2 Å². The van der Waals surface area contributed by atoms with Crippen LogP contribution >= 0.6 is 0 Å². The van der Waals surface area contributed by atoms with Gasteiger partial charge in [0, 0.05) is 32.1 Å². The molecule has 1 amide bonds. The molecular weight excluding hydrogens is 332 g/mol. The van der Waals surface area contributed by atoms with Gasteiger partial charge in [-0.25, -0.2) is 0 Å². The minimum atomic E-state index is -0.106. The van der Waals surface area contributed by atoms with Crippen LogP contribution in [0.1, 0.15) is 37.7 Å². The standard InChI is InChI=1S/C20H28N2O4/c23-20(21-13-17-9-11-25-15-17)19-12-18(26-22-19)8-4-5-10-24-14-16-6-2-1-3-7-16/h1-3,6-7,17-18H,4-5,8-15H2,(H,21,23). The van der Waals surface area contributed by atoms with Crippen LogP contribution in [0.5, 0.6) is 0 Å². The lowest BCUT2D eigenvalue weighted by Crippen LogP contribution is -2.34. The zero-order chi connectivity index (χ0) is 18.0. The summed E-state index contributed by atoms with van der Waals surface area (Å²) in [5, 5.41) is 6.90. The first kappa shape index (κ1) is 18.9. The molecule has 6 heteroatoms. The minimum absolute atomic E-state index is 0.0136. The Kier molecular flexibility index (Phi) is 7.46. The molecule has 0 bridgehead atoms. The molecule has 1 fully saturated rings. The number of amides is 1. The molecule has 0 spiro atoms. The Balaban J connectivity index is 1.22. The van der Waals surface area contributed by atoms with E-state index in [0.29, 0.717) is 31.2 Å². The van der Waals surface area contributed by atoms with Crippen LogP contribution in [0.25, 0.3) is 0 Å². The van der Waals surface area contributed by atoms with Gasteiger partial charge in [0.1, 0.15) is 11.8 Å². The highest BCUT2D eigenvalue weighted by Crippen LogP contribution is 2.17. The number of nitrogens with zero attached hydrogens (tertiary/aromatic N) is 1. The van der Waals surface area contributed by atoms with Gasteiger partial charge in [-0.3, -0.25) is 4.79 Å². The van der Waals surface area contributed by atoms with E-state index in [0.717, 1.165) is 45.5 Å². The van der Waals surface area contributed by atoms with E-state index in [9.17, 15) is 4.79 Å². The van der Waals surface area contributed by atoms with E-state index in [1.54, 1.807) is 0 Å². The van der Waals surface area contributed by atoms with Crippen LogP contribution in [-0.4, -0.2) is 44.1 Å². The second-order valence-corrected chi connectivity index (χ2v) is 6.94. The maximum Gasteiger partial charge on any atom is 0.269 e. The highest BCUT2D eigenvalue weighted by atomic mass is 16.6. The number of oxime groups is 1. The third-order valence-corrected chi connectivity index (χ3v) is 4.75. The monoisotopic (exact) mass is 360 g/mol. The summed E-state index contributed by atoms with van der Waals surface area (Å²) in [6.07, 6.45) is 4.50. The summed E-state index contributed by atoms with van der Waals surface area (Å²) in [5.74, 6) is 0.319. The number of carbonyl (C=O) groups excluding carboxylic acids is 1. The Bertz CT molecular complexity index is 585. The fourth-order valence-corrected chi connectivity index (χ4v) is 3.14. The van der Waals surface area contributed by atoms with Crippen molar-refractivity contribution in [1.82, 2.24) is 5.32 Å². The molecule has 3 rings (SSSR count). The molecule has 0 aromatic heterocycles. The first-order valence-electron chi connectivity index (χ1n) is 9.51. The average molecular weight is 360 g/mol. The van der Waals surface area contributed by atoms with Crippen molar-refractivity contribution in [3.05, 3.63) is 35.9 Å². The molecule has 2 unspecified atom stereocenters. The van der Waals surface area contributed by atoms with Gasteiger partial charge in [0.2, 0.25) is 0 Å². The van der Waals surface area contributed by atoms with Crippen molar-refractivity contribution in [2.45, 2.75) is 44.8 Å². The number of hydrogen-bond donors (Lipinski definition) is 1. The van der Waals surface area contributed by atoms with Gasteiger partial charge >= 0.3 is 0 Å². The molecule has 1 aromatic carbocycles. The molecule has 1 aromatic rings. The molecule has 0 radical (unpaired) electrons. The summed E-state index contributed by atoms with van der Waals surface area (Å²) in [4.78, 5) is 17.5. The fraction of sp³-hybridized carbons (Fsp3) is 0.600. The maximum absolute atomic E-state index is 12.1. The van der Waals surface area contributed by atoms with E-state index < -0.39 is 0 Å². The van der Waals surface area contributed by atoms with Crippen molar-refractivity contribution in [3.63, 3.8) is 0 Å². The average Bonchev–Trinajstić information content (AvgIpc) is 3.35. The van der Waals surface area contributed by atoms with Gasteiger partial charge in [-0.2, -0.15) is 0 Å². The summed E-state index contributed by atoms with van der Waals surface area (Å²) in [7, 11) is 0. The van der Waals surface area contributed by atoms with E-state index in [1.165, 1.54) is 5.56 Å². The fourth-order valence-electron chi connectivity index (χ4n) is 3.14. The first-order valence-corrected chi connectivity index (χ1v) is 9.51. The highest BCUT2D eigenvalue weighted by Gasteiger charge is 2.26. The third kappa shape index (κ3) is 6.11. The third-order valence-electron chi connectivity index (χ3n) is 4.75. The molecule has 0 saturated carbocycles. The normalized spacial score (nSPS) is 22.1. The second kappa shape index (κ2) is 10.3. The van der Waals surface area contributed by atoms with Crippen molar-refractivity contribution in [2.24, 2.45) is 11.1 Å². The van der Waals surface area contributed by atoms with Crippen molar-refractivity contribution >= 4 is 11.6 Å². The Hall–Kier alpha value is -1.92. The SMILES string of the molecule is O=C(NCC1CCOC1)C1=NOC(CCCCOCc2ccccc2)C1. The van der Waals surface area contributed by atoms with Crippen molar-refractivity contribution in [1.29, 1.82) is 0 Å². The molecule has 142 valence electrons. The summed E-state index contributed by atoms with van der Waals surface area (Å²) in [6.45, 7) is 3.57. The van der Waals surface area contributed by atoms with Crippen LogP contribution in [0.15, 0.2) is 35.5 Å². The molecule has 1 saturated heterocycles. The number of hydrogen-bond acceptors (Lipinski definition) is 5. The molecule has 2 heterocycles. The summed E-state index contributed by atoms with van der Waals surface area (Å²) >= 11 is 0. The van der Waals surface area contributed by atoms with Crippen LogP contribution in [-0.2, 0) is 25.7 Å². The molecule has 2 atom stereocenters. The van der Waals surface area contributed by atoms with Crippen LogP contribution < -0.4 is 5.32 Å². The molecular formula is C20H28N2O4. The second-order valence-electron chi connectivity index (χ2n) is 6.94. The molecule has 6 nitrogen and oxygen atoms in total. The number of ether oxygens (including phenoxy) is 2. The predicted molar refractivity (Wildman–Crippen MR) is 98.8 cm³/mol. The van der Waals surface area contributed by atoms with Crippen LogP contribution in [0.2, 0.25) is 0 Å². The minimum Gasteiger partial charge on any atom is -0.392 e. The van der Waals surface area contributed by atoms with Gasteiger partial charge in [-0.15, -0.1) is 0 Å². The summed E-state index contributed by atoms with van der Waals surface area (Å²) < 4.78 is 11.0. The lowest BCUT2D eigenvalue weighted by molar-refractivity contribution is -0.115. The number of benzene rings is 1. The Morgan fingerprint density at radius 1 is 1.27 bits per heavy atom. The number of nitrogens with one attached hydrogen (secondary N) is 1. The van der Waals surface area contributed by atoms with E-state index in [-0.39, 0.29) is 12.0 Å². The van der Waals surface area contributed by atoms with Crippen LogP contribution in [0.3, 0.4) is 0 Å². The molecule has 2 aliphatic heterocycles. The van der Waals surface area contributed by atoms with Gasteiger partial charge in [-0.1, -0.05) is 35.5 Å². The lowest BCUT2D eigenvalue weighted by Gasteiger charge is -2.09. The van der Waals surface area contributed by atoms with Crippen molar-refractivity contribution < 1.29 is 19.1 Å². The number of carbonyl (C=O) groups is 1. The molecule has 26 heavy (non-hydrogen) atoms. The largest absolute Gasteiger partial charge is 0.392 e. The maximum atomic E-state index is 12.1. The smallest absolute Gasteiger partial charge is 0.269 e. The summed E-state index contributed by atoms with van der Waals surface area (Å²) in [6, 6.07) is 10.2. The first-order chi connectivity index (χ1) is 12.8. The van der Waals surface area contributed by atoms with Gasteiger partial charge < -0.3 is 19.6 Å². The zero-order valence-corrected chi connectivity index (χ0v) is 15.2. The van der Waals surface area contributed by atoms with E-state index in [2.05, 4.69) is 22.6 Å². The Morgan fingerprint density at radius 3 is 2.96 bits per heavy atom. The Morgan fingerprint density at radius 2 is 2.15 bits per heavy atom. The van der Waals surface area contributed by atoms with Crippen LogP contribution in [0.4, 0.5) is 0 Å². The highest BCUT2D eigenvalue weighted by molar-refractivity contribution is 6.39. The number of unbranched alkanes of at least 4 members (excludes halogenated alkanes) is 1.